The average molecular weight is 527 g/mol. The standard InChI is InChI=1S/C23H38N6.HI/c1-24-23(27-19-15-20-8-7-9-21(16-19)28(20)2)26-17-18-10-11-25-22(14-18)29-12-5-3-4-6-13-29;/h10-11,14,19-21H,3-9,12-13,15-17H2,1-2H3,(H2,24,26,27);1H. The molecule has 1 aromatic rings. The summed E-state index contributed by atoms with van der Waals surface area (Å²) < 4.78 is 0. The Kier molecular flexibility index (Phi) is 9.04. The molecule has 2 atom stereocenters. The van der Waals surface area contributed by atoms with Crippen molar-refractivity contribution in [3.63, 3.8) is 0 Å². The number of aromatic nitrogens is 1. The van der Waals surface area contributed by atoms with Gasteiger partial charge in [-0.1, -0.05) is 19.3 Å². The summed E-state index contributed by atoms with van der Waals surface area (Å²) >= 11 is 0. The third-order valence-electron chi connectivity index (χ3n) is 7.10. The lowest BCUT2D eigenvalue weighted by molar-refractivity contribution is 0.0526. The Balaban J connectivity index is 0.00000256. The van der Waals surface area contributed by atoms with Crippen molar-refractivity contribution in [3.05, 3.63) is 23.9 Å². The van der Waals surface area contributed by atoms with Crippen LogP contribution in [-0.4, -0.2) is 61.2 Å². The number of fused-ring (bicyclic) bond motifs is 2. The van der Waals surface area contributed by atoms with Crippen molar-refractivity contribution < 1.29 is 0 Å². The predicted molar refractivity (Wildman–Crippen MR) is 136 cm³/mol. The summed E-state index contributed by atoms with van der Waals surface area (Å²) in [6.07, 6.45) is 13.7. The topological polar surface area (TPSA) is 55.8 Å². The predicted octanol–water partition coefficient (Wildman–Crippen LogP) is 3.76. The van der Waals surface area contributed by atoms with Gasteiger partial charge >= 0.3 is 0 Å². The lowest BCUT2D eigenvalue weighted by Crippen LogP contribution is -2.56. The maximum absolute atomic E-state index is 4.63. The summed E-state index contributed by atoms with van der Waals surface area (Å²) in [4.78, 5) is 14.2. The number of hydrogen-bond acceptors (Lipinski definition) is 4. The minimum Gasteiger partial charge on any atom is -0.357 e. The van der Waals surface area contributed by atoms with E-state index in [1.54, 1.807) is 0 Å². The highest BCUT2D eigenvalue weighted by Gasteiger charge is 2.36. The number of pyridine rings is 1. The smallest absolute Gasteiger partial charge is 0.191 e. The summed E-state index contributed by atoms with van der Waals surface area (Å²) in [5.74, 6) is 2.04. The zero-order chi connectivity index (χ0) is 20.1. The summed E-state index contributed by atoms with van der Waals surface area (Å²) in [6, 6.07) is 6.34. The van der Waals surface area contributed by atoms with Crippen LogP contribution in [0.25, 0.3) is 0 Å². The van der Waals surface area contributed by atoms with E-state index < -0.39 is 0 Å². The molecule has 0 radical (unpaired) electrons. The van der Waals surface area contributed by atoms with Gasteiger partial charge in [-0.05, 0) is 63.3 Å². The van der Waals surface area contributed by atoms with E-state index in [2.05, 4.69) is 49.6 Å². The first-order valence-electron chi connectivity index (χ1n) is 11.6. The number of guanidine groups is 1. The van der Waals surface area contributed by atoms with Crippen molar-refractivity contribution in [3.8, 4) is 0 Å². The van der Waals surface area contributed by atoms with E-state index in [4.69, 9.17) is 0 Å². The van der Waals surface area contributed by atoms with Crippen molar-refractivity contribution >= 4 is 35.8 Å². The van der Waals surface area contributed by atoms with Gasteiger partial charge in [0.2, 0.25) is 0 Å². The van der Waals surface area contributed by atoms with Crippen LogP contribution in [0.4, 0.5) is 5.82 Å². The van der Waals surface area contributed by atoms with E-state index in [1.165, 1.54) is 63.4 Å². The van der Waals surface area contributed by atoms with E-state index in [-0.39, 0.29) is 24.0 Å². The van der Waals surface area contributed by atoms with Gasteiger partial charge in [-0.25, -0.2) is 4.98 Å². The molecule has 0 saturated carbocycles. The van der Waals surface area contributed by atoms with Crippen molar-refractivity contribution in [1.82, 2.24) is 20.5 Å². The SMILES string of the molecule is CN=C(NCc1ccnc(N2CCCCCC2)c1)NC1CC2CCCC(C1)N2C.I. The molecule has 0 aromatic carbocycles. The Morgan fingerprint density at radius 3 is 2.47 bits per heavy atom. The van der Waals surface area contributed by atoms with Crippen molar-refractivity contribution in [2.45, 2.75) is 82.5 Å². The lowest BCUT2D eigenvalue weighted by Gasteiger charge is -2.47. The van der Waals surface area contributed by atoms with E-state index in [1.807, 2.05) is 13.2 Å². The maximum atomic E-state index is 4.63. The van der Waals surface area contributed by atoms with Crippen LogP contribution >= 0.6 is 24.0 Å². The molecule has 4 heterocycles. The molecule has 30 heavy (non-hydrogen) atoms. The first-order chi connectivity index (χ1) is 14.2. The van der Waals surface area contributed by atoms with E-state index in [0.717, 1.165) is 43.5 Å². The number of rotatable bonds is 4. The van der Waals surface area contributed by atoms with Gasteiger partial charge in [-0.15, -0.1) is 24.0 Å². The number of aliphatic imine (C=N–C) groups is 1. The fourth-order valence-electron chi connectivity index (χ4n) is 5.35. The molecule has 0 amide bonds. The lowest BCUT2D eigenvalue weighted by atomic mass is 9.82. The Bertz CT molecular complexity index is 674. The molecule has 2 unspecified atom stereocenters. The quantitative estimate of drug-likeness (QED) is 0.356. The number of hydrogen-bond donors (Lipinski definition) is 2. The third kappa shape index (κ3) is 5.99. The molecule has 3 fully saturated rings. The Morgan fingerprint density at radius 1 is 1.10 bits per heavy atom. The normalized spacial score (nSPS) is 27.7. The van der Waals surface area contributed by atoms with E-state index >= 15 is 0 Å². The van der Waals surface area contributed by atoms with Gasteiger partial charge in [0.1, 0.15) is 5.82 Å². The number of anilines is 1. The second-order valence-corrected chi connectivity index (χ2v) is 9.07. The van der Waals surface area contributed by atoms with E-state index in [0.29, 0.717) is 6.04 Å². The molecule has 168 valence electrons. The highest BCUT2D eigenvalue weighted by atomic mass is 127. The van der Waals surface area contributed by atoms with Crippen LogP contribution in [0.2, 0.25) is 0 Å². The molecule has 0 spiro atoms. The molecule has 1 aromatic heterocycles. The first kappa shape index (κ1) is 23.6. The van der Waals surface area contributed by atoms with Crippen LogP contribution in [0, 0.1) is 0 Å². The Hall–Kier alpha value is -1.09. The summed E-state index contributed by atoms with van der Waals surface area (Å²) in [5.41, 5.74) is 1.27. The van der Waals surface area contributed by atoms with E-state index in [9.17, 15) is 0 Å². The zero-order valence-corrected chi connectivity index (χ0v) is 21.0. The Labute approximate surface area is 199 Å². The van der Waals surface area contributed by atoms with Crippen LogP contribution in [0.15, 0.2) is 23.3 Å². The number of piperidine rings is 2. The molecule has 7 heteroatoms. The van der Waals surface area contributed by atoms with Crippen LogP contribution < -0.4 is 15.5 Å². The van der Waals surface area contributed by atoms with Gasteiger partial charge in [-0.3, -0.25) is 4.99 Å². The highest BCUT2D eigenvalue weighted by molar-refractivity contribution is 14.0. The highest BCUT2D eigenvalue weighted by Crippen LogP contribution is 2.32. The molecular formula is C23H39IN6. The fourth-order valence-corrected chi connectivity index (χ4v) is 5.35. The number of nitrogens with one attached hydrogen (secondary N) is 2. The monoisotopic (exact) mass is 526 g/mol. The van der Waals surface area contributed by atoms with Gasteiger partial charge in [0.05, 0.1) is 0 Å². The molecule has 3 aliphatic heterocycles. The summed E-state index contributed by atoms with van der Waals surface area (Å²) in [7, 11) is 4.18. The molecule has 6 nitrogen and oxygen atoms in total. The van der Waals surface area contributed by atoms with Crippen LogP contribution in [0.5, 0.6) is 0 Å². The molecule has 0 aliphatic carbocycles. The fraction of sp³-hybridized carbons (Fsp3) is 0.739. The molecule has 3 aliphatic rings. The van der Waals surface area contributed by atoms with Crippen molar-refractivity contribution in [2.75, 3.05) is 32.1 Å². The molecule has 4 rings (SSSR count). The second-order valence-electron chi connectivity index (χ2n) is 9.07. The van der Waals surface area contributed by atoms with Gasteiger partial charge in [0.15, 0.2) is 5.96 Å². The van der Waals surface area contributed by atoms with Gasteiger partial charge in [0.25, 0.3) is 0 Å². The Morgan fingerprint density at radius 2 is 1.80 bits per heavy atom. The summed E-state index contributed by atoms with van der Waals surface area (Å²) in [5, 5.41) is 7.23. The van der Waals surface area contributed by atoms with Gasteiger partial charge in [0, 0.05) is 51.0 Å². The number of nitrogens with zero attached hydrogens (tertiary/aromatic N) is 4. The third-order valence-corrected chi connectivity index (χ3v) is 7.10. The number of halogens is 1. The maximum Gasteiger partial charge on any atom is 0.191 e. The molecule has 3 saturated heterocycles. The van der Waals surface area contributed by atoms with Crippen LogP contribution in [0.1, 0.15) is 63.4 Å². The first-order valence-corrected chi connectivity index (χ1v) is 11.6. The van der Waals surface area contributed by atoms with Crippen LogP contribution in [-0.2, 0) is 6.54 Å². The average Bonchev–Trinajstić information content (AvgIpc) is 3.01. The second kappa shape index (κ2) is 11.5. The largest absolute Gasteiger partial charge is 0.357 e. The van der Waals surface area contributed by atoms with Crippen molar-refractivity contribution in [1.29, 1.82) is 0 Å². The van der Waals surface area contributed by atoms with Crippen molar-refractivity contribution in [2.24, 2.45) is 4.99 Å². The summed E-state index contributed by atoms with van der Waals surface area (Å²) in [6.45, 7) is 3.04. The van der Waals surface area contributed by atoms with Crippen LogP contribution in [0.3, 0.4) is 0 Å². The molecule has 2 bridgehead atoms. The minimum atomic E-state index is 0. The van der Waals surface area contributed by atoms with Gasteiger partial charge < -0.3 is 20.4 Å². The minimum absolute atomic E-state index is 0. The molecule has 2 N–H and O–H groups in total. The molecular weight excluding hydrogens is 487 g/mol. The zero-order valence-electron chi connectivity index (χ0n) is 18.6. The van der Waals surface area contributed by atoms with Gasteiger partial charge in [-0.2, -0.15) is 0 Å².